The highest BCUT2D eigenvalue weighted by Gasteiger charge is 2.42. The minimum absolute atomic E-state index is 0. The van der Waals surface area contributed by atoms with Crippen LogP contribution in [0, 0.1) is 11.8 Å². The Kier molecular flexibility index (Phi) is 5.79. The normalized spacial score (nSPS) is 24.0. The Morgan fingerprint density at radius 3 is 2.81 bits per heavy atom. The average molecular weight is 373 g/mol. The van der Waals surface area contributed by atoms with Crippen molar-refractivity contribution in [1.29, 1.82) is 0 Å². The number of nitrogens with zero attached hydrogens (tertiary/aromatic N) is 2. The lowest BCUT2D eigenvalue weighted by Crippen LogP contribution is -2.33. The van der Waals surface area contributed by atoms with E-state index in [0.717, 1.165) is 42.7 Å². The Labute approximate surface area is 160 Å². The lowest BCUT2D eigenvalue weighted by atomic mass is 9.98. The monoisotopic (exact) mass is 372 g/mol. The Morgan fingerprint density at radius 1 is 1.19 bits per heavy atom. The number of pyridine rings is 1. The van der Waals surface area contributed by atoms with Gasteiger partial charge in [-0.3, -0.25) is 9.78 Å². The molecule has 2 heterocycles. The van der Waals surface area contributed by atoms with E-state index in [4.69, 9.17) is 5.73 Å². The Hall–Kier alpha value is -2.11. The Morgan fingerprint density at radius 2 is 2.04 bits per heavy atom. The number of aromatic nitrogens is 1. The van der Waals surface area contributed by atoms with Crippen LogP contribution in [-0.4, -0.2) is 34.9 Å². The number of hydrogen-bond donors (Lipinski definition) is 2. The smallest absolute Gasteiger partial charge is 0.255 e. The number of carbonyl (C=O) groups is 1. The number of amides is 1. The average Bonchev–Trinajstić information content (AvgIpc) is 3.23. The van der Waals surface area contributed by atoms with Crippen LogP contribution in [0.5, 0.6) is 0 Å². The SMILES string of the molecule is Cl.NC1CCC2CN(C(=O)c3ccccc3NCc3cccnc3)CC12. The van der Waals surface area contributed by atoms with Crippen molar-refractivity contribution < 1.29 is 4.79 Å². The van der Waals surface area contributed by atoms with Gasteiger partial charge in [0.25, 0.3) is 5.91 Å². The molecule has 3 N–H and O–H groups in total. The molecular formula is C20H25ClN4O. The molecule has 5 nitrogen and oxygen atoms in total. The molecule has 26 heavy (non-hydrogen) atoms. The van der Waals surface area contributed by atoms with Crippen molar-refractivity contribution in [2.75, 3.05) is 18.4 Å². The second-order valence-corrected chi connectivity index (χ2v) is 7.14. The summed E-state index contributed by atoms with van der Waals surface area (Å²) in [6, 6.07) is 11.9. The second kappa shape index (κ2) is 8.06. The summed E-state index contributed by atoms with van der Waals surface area (Å²) in [4.78, 5) is 19.2. The highest BCUT2D eigenvalue weighted by molar-refractivity contribution is 5.99. The molecule has 1 aliphatic carbocycles. The molecule has 6 heteroatoms. The number of fused-ring (bicyclic) bond motifs is 1. The largest absolute Gasteiger partial charge is 0.380 e. The maximum Gasteiger partial charge on any atom is 0.255 e. The molecule has 3 atom stereocenters. The summed E-state index contributed by atoms with van der Waals surface area (Å²) in [5.74, 6) is 1.16. The zero-order valence-corrected chi connectivity index (χ0v) is 15.5. The summed E-state index contributed by atoms with van der Waals surface area (Å²) in [6.45, 7) is 2.28. The number of para-hydroxylation sites is 1. The molecule has 4 rings (SSSR count). The van der Waals surface area contributed by atoms with Crippen LogP contribution >= 0.6 is 12.4 Å². The molecule has 2 aromatic rings. The molecule has 1 saturated carbocycles. The van der Waals surface area contributed by atoms with E-state index in [9.17, 15) is 4.79 Å². The van der Waals surface area contributed by atoms with Gasteiger partial charge in [0.2, 0.25) is 0 Å². The highest BCUT2D eigenvalue weighted by Crippen LogP contribution is 2.38. The van der Waals surface area contributed by atoms with E-state index in [1.54, 1.807) is 6.20 Å². The Bertz CT molecular complexity index is 754. The molecule has 138 valence electrons. The molecule has 3 unspecified atom stereocenters. The molecule has 0 spiro atoms. The number of nitrogens with two attached hydrogens (primary N) is 1. The number of rotatable bonds is 4. The number of anilines is 1. The fraction of sp³-hybridized carbons (Fsp3) is 0.400. The van der Waals surface area contributed by atoms with Gasteiger partial charge in [0.05, 0.1) is 5.56 Å². The maximum atomic E-state index is 13.0. The van der Waals surface area contributed by atoms with Crippen molar-refractivity contribution in [3.63, 3.8) is 0 Å². The van der Waals surface area contributed by atoms with E-state index < -0.39 is 0 Å². The van der Waals surface area contributed by atoms with E-state index in [-0.39, 0.29) is 24.4 Å². The van der Waals surface area contributed by atoms with Gasteiger partial charge in [-0.15, -0.1) is 12.4 Å². The van der Waals surface area contributed by atoms with Crippen LogP contribution in [0.25, 0.3) is 0 Å². The minimum atomic E-state index is 0. The minimum Gasteiger partial charge on any atom is -0.380 e. The first kappa shape index (κ1) is 18.7. The van der Waals surface area contributed by atoms with E-state index in [1.165, 1.54) is 0 Å². The molecule has 1 aromatic heterocycles. The first-order valence-corrected chi connectivity index (χ1v) is 8.99. The fourth-order valence-corrected chi connectivity index (χ4v) is 4.17. The number of benzene rings is 1. The van der Waals surface area contributed by atoms with Crippen LogP contribution in [0.2, 0.25) is 0 Å². The zero-order chi connectivity index (χ0) is 17.2. The predicted octanol–water partition coefficient (Wildman–Crippen LogP) is 2.92. The molecule has 0 radical (unpaired) electrons. The van der Waals surface area contributed by atoms with Crippen LogP contribution in [0.1, 0.15) is 28.8 Å². The zero-order valence-electron chi connectivity index (χ0n) is 14.7. The fourth-order valence-electron chi connectivity index (χ4n) is 4.17. The summed E-state index contributed by atoms with van der Waals surface area (Å²) >= 11 is 0. The molecule has 1 aliphatic heterocycles. The molecular weight excluding hydrogens is 348 g/mol. The molecule has 1 amide bonds. The third kappa shape index (κ3) is 3.69. The van der Waals surface area contributed by atoms with Gasteiger partial charge in [-0.2, -0.15) is 0 Å². The standard InChI is InChI=1S/C20H24N4O.ClH/c21-18-8-7-15-12-24(13-17(15)18)20(25)16-5-1-2-6-19(16)23-11-14-4-3-9-22-10-14;/h1-6,9-10,15,17-18,23H,7-8,11-13,21H2;1H. The number of hydrogen-bond acceptors (Lipinski definition) is 4. The maximum absolute atomic E-state index is 13.0. The van der Waals surface area contributed by atoms with E-state index >= 15 is 0 Å². The summed E-state index contributed by atoms with van der Waals surface area (Å²) in [6.07, 6.45) is 5.84. The topological polar surface area (TPSA) is 71.2 Å². The van der Waals surface area contributed by atoms with Crippen LogP contribution in [0.4, 0.5) is 5.69 Å². The van der Waals surface area contributed by atoms with Gasteiger partial charge in [-0.05, 0) is 48.4 Å². The van der Waals surface area contributed by atoms with Gasteiger partial charge < -0.3 is 16.0 Å². The van der Waals surface area contributed by atoms with Gasteiger partial charge >= 0.3 is 0 Å². The second-order valence-electron chi connectivity index (χ2n) is 7.14. The predicted molar refractivity (Wildman–Crippen MR) is 105 cm³/mol. The van der Waals surface area contributed by atoms with Crippen molar-refractivity contribution in [3.8, 4) is 0 Å². The number of carbonyl (C=O) groups excluding carboxylic acids is 1. The van der Waals surface area contributed by atoms with Crippen LogP contribution < -0.4 is 11.1 Å². The van der Waals surface area contributed by atoms with E-state index in [2.05, 4.69) is 10.3 Å². The summed E-state index contributed by atoms with van der Waals surface area (Å²) in [5, 5.41) is 3.38. The number of nitrogens with one attached hydrogen (secondary N) is 1. The first-order chi connectivity index (χ1) is 12.2. The molecule has 0 bridgehead atoms. The molecule has 1 aromatic carbocycles. The Balaban J connectivity index is 0.00000196. The van der Waals surface area contributed by atoms with Gasteiger partial charge in [0.15, 0.2) is 0 Å². The molecule has 1 saturated heterocycles. The number of likely N-dealkylation sites (tertiary alicyclic amines) is 1. The van der Waals surface area contributed by atoms with Crippen molar-refractivity contribution in [1.82, 2.24) is 9.88 Å². The quantitative estimate of drug-likeness (QED) is 0.865. The van der Waals surface area contributed by atoms with Crippen LogP contribution in [0.3, 0.4) is 0 Å². The number of halogens is 1. The van der Waals surface area contributed by atoms with Crippen molar-refractivity contribution in [2.45, 2.75) is 25.4 Å². The van der Waals surface area contributed by atoms with Gasteiger partial charge in [0, 0.05) is 43.8 Å². The molecule has 2 fully saturated rings. The van der Waals surface area contributed by atoms with Crippen molar-refractivity contribution in [3.05, 3.63) is 59.9 Å². The summed E-state index contributed by atoms with van der Waals surface area (Å²) in [7, 11) is 0. The van der Waals surface area contributed by atoms with Crippen LogP contribution in [0.15, 0.2) is 48.8 Å². The summed E-state index contributed by atoms with van der Waals surface area (Å²) < 4.78 is 0. The van der Waals surface area contributed by atoms with Crippen molar-refractivity contribution >= 4 is 24.0 Å². The highest BCUT2D eigenvalue weighted by atomic mass is 35.5. The van der Waals surface area contributed by atoms with Crippen molar-refractivity contribution in [2.24, 2.45) is 17.6 Å². The van der Waals surface area contributed by atoms with Gasteiger partial charge in [0.1, 0.15) is 0 Å². The molecule has 2 aliphatic rings. The van der Waals surface area contributed by atoms with E-state index in [0.29, 0.717) is 18.4 Å². The third-order valence-electron chi connectivity index (χ3n) is 5.56. The van der Waals surface area contributed by atoms with Crippen LogP contribution in [-0.2, 0) is 6.54 Å². The third-order valence-corrected chi connectivity index (χ3v) is 5.56. The van der Waals surface area contributed by atoms with E-state index in [1.807, 2.05) is 47.5 Å². The lowest BCUT2D eigenvalue weighted by Gasteiger charge is -2.21. The lowest BCUT2D eigenvalue weighted by molar-refractivity contribution is 0.0780. The summed E-state index contributed by atoms with van der Waals surface area (Å²) in [5.41, 5.74) is 8.90. The van der Waals surface area contributed by atoms with Gasteiger partial charge in [-0.1, -0.05) is 18.2 Å². The first-order valence-electron chi connectivity index (χ1n) is 8.99. The van der Waals surface area contributed by atoms with Gasteiger partial charge in [-0.25, -0.2) is 0 Å².